The summed E-state index contributed by atoms with van der Waals surface area (Å²) in [6.45, 7) is 7.90. The van der Waals surface area contributed by atoms with Crippen molar-refractivity contribution in [3.8, 4) is 0 Å². The Morgan fingerprint density at radius 2 is 2.05 bits per heavy atom. The summed E-state index contributed by atoms with van der Waals surface area (Å²) in [6, 6.07) is 0.521. The Labute approximate surface area is 129 Å². The maximum absolute atomic E-state index is 12.1. The zero-order chi connectivity index (χ0) is 15.3. The SMILES string of the molecule is COC(=O)C(C)(CCCN1CCCC(C)CC1)NC1CC1. The number of ether oxygens (including phenoxy) is 1. The lowest BCUT2D eigenvalue weighted by molar-refractivity contribution is -0.148. The quantitative estimate of drug-likeness (QED) is 0.733. The normalized spacial score (nSPS) is 26.9. The summed E-state index contributed by atoms with van der Waals surface area (Å²) in [6.07, 6.45) is 8.29. The molecule has 0 aromatic rings. The Kier molecular flexibility index (Phi) is 6.06. The van der Waals surface area contributed by atoms with Gasteiger partial charge in [0.2, 0.25) is 0 Å². The van der Waals surface area contributed by atoms with Gasteiger partial charge in [-0.15, -0.1) is 0 Å². The lowest BCUT2D eigenvalue weighted by atomic mass is 9.95. The first kappa shape index (κ1) is 16.8. The smallest absolute Gasteiger partial charge is 0.325 e. The molecule has 1 N–H and O–H groups in total. The van der Waals surface area contributed by atoms with Crippen LogP contribution in [-0.2, 0) is 9.53 Å². The van der Waals surface area contributed by atoms with Gasteiger partial charge in [-0.2, -0.15) is 0 Å². The van der Waals surface area contributed by atoms with Crippen molar-refractivity contribution in [2.75, 3.05) is 26.7 Å². The molecule has 4 nitrogen and oxygen atoms in total. The number of esters is 1. The third-order valence-electron chi connectivity index (χ3n) is 5.00. The van der Waals surface area contributed by atoms with E-state index in [0.717, 1.165) is 25.3 Å². The molecular weight excluding hydrogens is 264 g/mol. The van der Waals surface area contributed by atoms with E-state index >= 15 is 0 Å². The van der Waals surface area contributed by atoms with Crippen LogP contribution >= 0.6 is 0 Å². The van der Waals surface area contributed by atoms with Crippen molar-refractivity contribution in [1.29, 1.82) is 0 Å². The molecule has 1 saturated heterocycles. The van der Waals surface area contributed by atoms with Crippen LogP contribution in [0, 0.1) is 5.92 Å². The van der Waals surface area contributed by atoms with E-state index in [4.69, 9.17) is 4.74 Å². The van der Waals surface area contributed by atoms with Crippen LogP contribution in [-0.4, -0.2) is 49.2 Å². The number of carbonyl (C=O) groups excluding carboxylic acids is 1. The molecule has 1 aliphatic carbocycles. The predicted octanol–water partition coefficient (Wildman–Crippen LogP) is 2.57. The average molecular weight is 296 g/mol. The van der Waals surface area contributed by atoms with Crippen LogP contribution in [0.25, 0.3) is 0 Å². The van der Waals surface area contributed by atoms with Gasteiger partial charge in [-0.05, 0) is 77.4 Å². The van der Waals surface area contributed by atoms with Crippen molar-refractivity contribution in [2.45, 2.75) is 70.4 Å². The first-order valence-electron chi connectivity index (χ1n) is 8.62. The van der Waals surface area contributed by atoms with E-state index in [1.54, 1.807) is 0 Å². The van der Waals surface area contributed by atoms with Crippen molar-refractivity contribution in [1.82, 2.24) is 10.2 Å². The van der Waals surface area contributed by atoms with Gasteiger partial charge >= 0.3 is 5.97 Å². The molecule has 2 rings (SSSR count). The first-order chi connectivity index (χ1) is 10.0. The lowest BCUT2D eigenvalue weighted by Crippen LogP contribution is -2.51. The van der Waals surface area contributed by atoms with E-state index in [1.165, 1.54) is 52.3 Å². The average Bonchev–Trinajstić information content (AvgIpc) is 3.27. The number of carbonyl (C=O) groups is 1. The number of nitrogens with one attached hydrogen (secondary N) is 1. The molecule has 1 aliphatic heterocycles. The molecule has 122 valence electrons. The molecule has 0 aromatic heterocycles. The second-order valence-corrected chi connectivity index (χ2v) is 7.22. The number of nitrogens with zero attached hydrogens (tertiary/aromatic N) is 1. The van der Waals surface area contributed by atoms with Gasteiger partial charge in [-0.25, -0.2) is 0 Å². The van der Waals surface area contributed by atoms with Crippen LogP contribution in [0.1, 0.15) is 58.8 Å². The molecular formula is C17H32N2O2. The van der Waals surface area contributed by atoms with Crippen molar-refractivity contribution in [3.63, 3.8) is 0 Å². The van der Waals surface area contributed by atoms with E-state index in [0.29, 0.717) is 6.04 Å². The Morgan fingerprint density at radius 1 is 1.29 bits per heavy atom. The van der Waals surface area contributed by atoms with Gasteiger partial charge in [-0.1, -0.05) is 6.92 Å². The van der Waals surface area contributed by atoms with E-state index in [2.05, 4.69) is 17.1 Å². The Morgan fingerprint density at radius 3 is 2.71 bits per heavy atom. The summed E-state index contributed by atoms with van der Waals surface area (Å²) in [5.74, 6) is 0.755. The highest BCUT2D eigenvalue weighted by molar-refractivity contribution is 5.80. The second kappa shape index (κ2) is 7.59. The largest absolute Gasteiger partial charge is 0.468 e. The molecule has 21 heavy (non-hydrogen) atoms. The fourth-order valence-corrected chi connectivity index (χ4v) is 3.34. The highest BCUT2D eigenvalue weighted by atomic mass is 16.5. The van der Waals surface area contributed by atoms with Gasteiger partial charge in [0, 0.05) is 6.04 Å². The topological polar surface area (TPSA) is 41.6 Å². The van der Waals surface area contributed by atoms with Crippen LogP contribution in [0.2, 0.25) is 0 Å². The minimum absolute atomic E-state index is 0.112. The molecule has 0 bridgehead atoms. The minimum atomic E-state index is -0.505. The fourth-order valence-electron chi connectivity index (χ4n) is 3.34. The number of rotatable bonds is 7. The van der Waals surface area contributed by atoms with Crippen molar-refractivity contribution in [3.05, 3.63) is 0 Å². The van der Waals surface area contributed by atoms with Crippen molar-refractivity contribution in [2.24, 2.45) is 5.92 Å². The summed E-state index contributed by atoms with van der Waals surface area (Å²) >= 11 is 0. The second-order valence-electron chi connectivity index (χ2n) is 7.22. The molecule has 4 heteroatoms. The molecule has 2 atom stereocenters. The summed E-state index contributed by atoms with van der Waals surface area (Å²) in [5.41, 5.74) is -0.505. The van der Waals surface area contributed by atoms with Gasteiger partial charge < -0.3 is 9.64 Å². The highest BCUT2D eigenvalue weighted by Gasteiger charge is 2.38. The molecule has 1 saturated carbocycles. The van der Waals surface area contributed by atoms with Gasteiger partial charge in [0.25, 0.3) is 0 Å². The zero-order valence-corrected chi connectivity index (χ0v) is 14.0. The fraction of sp³-hybridized carbons (Fsp3) is 0.941. The minimum Gasteiger partial charge on any atom is -0.468 e. The maximum Gasteiger partial charge on any atom is 0.325 e. The molecule has 2 fully saturated rings. The van der Waals surface area contributed by atoms with Crippen molar-refractivity contribution < 1.29 is 9.53 Å². The van der Waals surface area contributed by atoms with Crippen LogP contribution in [0.4, 0.5) is 0 Å². The number of hydrogen-bond donors (Lipinski definition) is 1. The summed E-state index contributed by atoms with van der Waals surface area (Å²) < 4.78 is 5.01. The van der Waals surface area contributed by atoms with Crippen LogP contribution in [0.15, 0.2) is 0 Å². The Balaban J connectivity index is 1.77. The van der Waals surface area contributed by atoms with Crippen molar-refractivity contribution >= 4 is 5.97 Å². The number of hydrogen-bond acceptors (Lipinski definition) is 4. The van der Waals surface area contributed by atoms with E-state index < -0.39 is 5.54 Å². The molecule has 1 heterocycles. The summed E-state index contributed by atoms with van der Waals surface area (Å²) in [7, 11) is 1.49. The summed E-state index contributed by atoms with van der Waals surface area (Å²) in [4.78, 5) is 14.6. The van der Waals surface area contributed by atoms with Crippen LogP contribution in [0.3, 0.4) is 0 Å². The van der Waals surface area contributed by atoms with Gasteiger partial charge in [0.15, 0.2) is 0 Å². The maximum atomic E-state index is 12.1. The number of likely N-dealkylation sites (tertiary alicyclic amines) is 1. The molecule has 2 aliphatic rings. The van der Waals surface area contributed by atoms with Crippen LogP contribution < -0.4 is 5.32 Å². The highest BCUT2D eigenvalue weighted by Crippen LogP contribution is 2.26. The monoisotopic (exact) mass is 296 g/mol. The molecule has 0 amide bonds. The summed E-state index contributed by atoms with van der Waals surface area (Å²) in [5, 5.41) is 3.48. The lowest BCUT2D eigenvalue weighted by Gasteiger charge is -2.29. The predicted molar refractivity (Wildman–Crippen MR) is 85.3 cm³/mol. The van der Waals surface area contributed by atoms with E-state index in [-0.39, 0.29) is 5.97 Å². The standard InChI is InChI=1S/C17H32N2O2/c1-14-6-4-11-19(13-9-14)12-5-10-17(2,16(20)21-3)18-15-7-8-15/h14-15,18H,4-13H2,1-3H3. The zero-order valence-electron chi connectivity index (χ0n) is 14.0. The molecule has 2 unspecified atom stereocenters. The molecule has 0 aromatic carbocycles. The Bertz CT molecular complexity index is 344. The third-order valence-corrected chi connectivity index (χ3v) is 5.00. The Hall–Kier alpha value is -0.610. The van der Waals surface area contributed by atoms with Gasteiger partial charge in [-0.3, -0.25) is 10.1 Å². The van der Waals surface area contributed by atoms with E-state index in [9.17, 15) is 4.79 Å². The molecule has 0 spiro atoms. The van der Waals surface area contributed by atoms with Gasteiger partial charge in [0.05, 0.1) is 7.11 Å². The van der Waals surface area contributed by atoms with Crippen LogP contribution in [0.5, 0.6) is 0 Å². The van der Waals surface area contributed by atoms with Gasteiger partial charge in [0.1, 0.15) is 5.54 Å². The third kappa shape index (κ3) is 5.26. The van der Waals surface area contributed by atoms with E-state index in [1.807, 2.05) is 6.92 Å². The first-order valence-corrected chi connectivity index (χ1v) is 8.62. The molecule has 0 radical (unpaired) electrons. The number of methoxy groups -OCH3 is 1.